The summed E-state index contributed by atoms with van der Waals surface area (Å²) in [5, 5.41) is 0.00159. The SMILES string of the molecule is O=C(Cl)c1ncc(-c2ccccc2F)c2c1Cc1c-2ccc(N2CCOCC2)c1Cl. The fraction of sp³-hybridized carbons (Fsp3) is 0.217. The number of fused-ring (bicyclic) bond motifs is 3. The summed E-state index contributed by atoms with van der Waals surface area (Å²) in [5.41, 5.74) is 5.41. The number of ether oxygens (including phenoxy) is 1. The van der Waals surface area contributed by atoms with Crippen LogP contribution in [0.15, 0.2) is 42.6 Å². The molecule has 0 bridgehead atoms. The zero-order valence-corrected chi connectivity index (χ0v) is 17.4. The van der Waals surface area contributed by atoms with Crippen LogP contribution < -0.4 is 4.90 Å². The number of benzene rings is 2. The molecule has 0 saturated carbocycles. The maximum absolute atomic E-state index is 14.6. The van der Waals surface area contributed by atoms with E-state index in [-0.39, 0.29) is 11.5 Å². The zero-order valence-electron chi connectivity index (χ0n) is 15.9. The molecule has 2 aliphatic rings. The number of pyridine rings is 1. The number of carbonyl (C=O) groups is 1. The van der Waals surface area contributed by atoms with Gasteiger partial charge in [0.25, 0.3) is 5.24 Å². The number of halogens is 3. The summed E-state index contributed by atoms with van der Waals surface area (Å²) < 4.78 is 20.0. The lowest BCUT2D eigenvalue weighted by molar-refractivity contribution is 0.107. The molecule has 152 valence electrons. The first kappa shape index (κ1) is 19.5. The number of rotatable bonds is 3. The monoisotopic (exact) mass is 442 g/mol. The number of carbonyl (C=O) groups excluding carboxylic acids is 1. The highest BCUT2D eigenvalue weighted by molar-refractivity contribution is 6.67. The molecule has 0 radical (unpaired) electrons. The molecule has 5 rings (SSSR count). The summed E-state index contributed by atoms with van der Waals surface area (Å²) in [4.78, 5) is 18.5. The van der Waals surface area contributed by atoms with Gasteiger partial charge >= 0.3 is 0 Å². The van der Waals surface area contributed by atoms with Gasteiger partial charge in [-0.05, 0) is 46.0 Å². The summed E-state index contributed by atoms with van der Waals surface area (Å²) in [6.45, 7) is 2.83. The second kappa shape index (κ2) is 7.65. The van der Waals surface area contributed by atoms with Gasteiger partial charge in [0.05, 0.1) is 23.9 Å². The molecule has 1 aromatic heterocycles. The lowest BCUT2D eigenvalue weighted by Gasteiger charge is -2.30. The summed E-state index contributed by atoms with van der Waals surface area (Å²) >= 11 is 12.7. The third-order valence-corrected chi connectivity index (χ3v) is 6.33. The van der Waals surface area contributed by atoms with E-state index in [0.29, 0.717) is 41.3 Å². The van der Waals surface area contributed by atoms with Gasteiger partial charge in [0.1, 0.15) is 11.5 Å². The number of hydrogen-bond acceptors (Lipinski definition) is 4. The molecule has 7 heteroatoms. The Bertz CT molecular complexity index is 1180. The molecule has 1 saturated heterocycles. The molecule has 3 aromatic rings. The van der Waals surface area contributed by atoms with E-state index in [4.69, 9.17) is 27.9 Å². The van der Waals surface area contributed by atoms with Gasteiger partial charge in [-0.25, -0.2) is 4.39 Å². The molecule has 2 heterocycles. The molecule has 0 unspecified atom stereocenters. The molecular formula is C23H17Cl2FN2O2. The van der Waals surface area contributed by atoms with Gasteiger partial charge in [0.2, 0.25) is 0 Å². The third-order valence-electron chi connectivity index (χ3n) is 5.73. The average Bonchev–Trinajstić information content (AvgIpc) is 3.15. The molecule has 30 heavy (non-hydrogen) atoms. The summed E-state index contributed by atoms with van der Waals surface area (Å²) in [5.74, 6) is -0.351. The first-order valence-corrected chi connectivity index (χ1v) is 10.4. The second-order valence-electron chi connectivity index (χ2n) is 7.33. The van der Waals surface area contributed by atoms with Crippen LogP contribution in [0.2, 0.25) is 5.02 Å². The first-order valence-electron chi connectivity index (χ1n) is 9.67. The van der Waals surface area contributed by atoms with E-state index in [1.54, 1.807) is 18.2 Å². The summed E-state index contributed by atoms with van der Waals surface area (Å²) in [7, 11) is 0. The lowest BCUT2D eigenvalue weighted by atomic mass is 9.94. The fourth-order valence-corrected chi connectivity index (χ4v) is 4.84. The van der Waals surface area contributed by atoms with E-state index < -0.39 is 5.24 Å². The number of aromatic nitrogens is 1. The van der Waals surface area contributed by atoms with E-state index in [0.717, 1.165) is 35.5 Å². The van der Waals surface area contributed by atoms with Crippen molar-refractivity contribution >= 4 is 34.1 Å². The molecule has 0 N–H and O–H groups in total. The molecule has 0 atom stereocenters. The Kier molecular flexibility index (Phi) is 4.97. The van der Waals surface area contributed by atoms with Crippen LogP contribution >= 0.6 is 23.2 Å². The van der Waals surface area contributed by atoms with Crippen molar-refractivity contribution in [3.8, 4) is 22.3 Å². The molecule has 1 aliphatic carbocycles. The Labute approximate surface area is 183 Å². The van der Waals surface area contributed by atoms with E-state index in [1.165, 1.54) is 12.3 Å². The van der Waals surface area contributed by atoms with Crippen molar-refractivity contribution in [3.63, 3.8) is 0 Å². The number of anilines is 1. The average molecular weight is 443 g/mol. The van der Waals surface area contributed by atoms with Crippen molar-refractivity contribution in [3.05, 3.63) is 70.3 Å². The number of hydrogen-bond donors (Lipinski definition) is 0. The fourth-order valence-electron chi connectivity index (χ4n) is 4.33. The van der Waals surface area contributed by atoms with Gasteiger partial charge in [-0.15, -0.1) is 0 Å². The smallest absolute Gasteiger partial charge is 0.271 e. The predicted octanol–water partition coefficient (Wildman–Crippen LogP) is 5.33. The Morgan fingerprint density at radius 2 is 1.80 bits per heavy atom. The largest absolute Gasteiger partial charge is 0.378 e. The zero-order chi connectivity index (χ0) is 20.8. The first-order chi connectivity index (χ1) is 14.6. The highest BCUT2D eigenvalue weighted by atomic mass is 35.5. The molecule has 1 aliphatic heterocycles. The van der Waals surface area contributed by atoms with Crippen molar-refractivity contribution in [1.82, 2.24) is 4.98 Å². The van der Waals surface area contributed by atoms with Crippen LogP contribution in [0, 0.1) is 5.82 Å². The highest BCUT2D eigenvalue weighted by Crippen LogP contribution is 2.48. The predicted molar refractivity (Wildman–Crippen MR) is 116 cm³/mol. The van der Waals surface area contributed by atoms with Crippen molar-refractivity contribution in [1.29, 1.82) is 0 Å². The quantitative estimate of drug-likeness (QED) is 0.402. The van der Waals surface area contributed by atoms with Gasteiger partial charge in [0, 0.05) is 36.8 Å². The molecule has 0 amide bonds. The van der Waals surface area contributed by atoms with E-state index in [1.807, 2.05) is 12.1 Å². The van der Waals surface area contributed by atoms with E-state index >= 15 is 0 Å². The van der Waals surface area contributed by atoms with Crippen LogP contribution in [0.4, 0.5) is 10.1 Å². The van der Waals surface area contributed by atoms with Gasteiger partial charge < -0.3 is 9.64 Å². The van der Waals surface area contributed by atoms with Gasteiger partial charge in [-0.3, -0.25) is 9.78 Å². The minimum absolute atomic E-state index is 0.187. The third kappa shape index (κ3) is 3.09. The highest BCUT2D eigenvalue weighted by Gasteiger charge is 2.31. The Morgan fingerprint density at radius 1 is 1.03 bits per heavy atom. The van der Waals surface area contributed by atoms with Crippen LogP contribution in [0.3, 0.4) is 0 Å². The van der Waals surface area contributed by atoms with Gasteiger partial charge in [-0.2, -0.15) is 0 Å². The molecule has 1 fully saturated rings. The van der Waals surface area contributed by atoms with Gasteiger partial charge in [0.15, 0.2) is 0 Å². The van der Waals surface area contributed by atoms with E-state index in [2.05, 4.69) is 9.88 Å². The molecule has 2 aromatic carbocycles. The Hall–Kier alpha value is -2.47. The van der Waals surface area contributed by atoms with Crippen LogP contribution in [-0.4, -0.2) is 36.5 Å². The van der Waals surface area contributed by atoms with Crippen LogP contribution in [0.25, 0.3) is 22.3 Å². The topological polar surface area (TPSA) is 42.4 Å². The van der Waals surface area contributed by atoms with Crippen LogP contribution in [0.5, 0.6) is 0 Å². The molecular weight excluding hydrogens is 426 g/mol. The second-order valence-corrected chi connectivity index (χ2v) is 8.05. The Morgan fingerprint density at radius 3 is 2.53 bits per heavy atom. The number of morpholine rings is 1. The van der Waals surface area contributed by atoms with Crippen molar-refractivity contribution in [2.24, 2.45) is 0 Å². The van der Waals surface area contributed by atoms with Crippen molar-refractivity contribution in [2.75, 3.05) is 31.2 Å². The lowest BCUT2D eigenvalue weighted by Crippen LogP contribution is -2.36. The Balaban J connectivity index is 1.71. The maximum Gasteiger partial charge on any atom is 0.271 e. The summed E-state index contributed by atoms with van der Waals surface area (Å²) in [6, 6.07) is 10.5. The maximum atomic E-state index is 14.6. The van der Waals surface area contributed by atoms with Crippen molar-refractivity contribution in [2.45, 2.75) is 6.42 Å². The van der Waals surface area contributed by atoms with Gasteiger partial charge in [-0.1, -0.05) is 35.9 Å². The van der Waals surface area contributed by atoms with Crippen LogP contribution in [-0.2, 0) is 11.2 Å². The minimum Gasteiger partial charge on any atom is -0.378 e. The minimum atomic E-state index is -0.635. The standard InChI is InChI=1S/C23H17Cl2FN2O2/c24-21-15-11-16-20(14(15)5-6-19(21)28-7-9-30-10-8-28)17(12-27-22(16)23(25)29)13-3-1-2-4-18(13)26/h1-6,12H,7-11H2. The van der Waals surface area contributed by atoms with E-state index in [9.17, 15) is 9.18 Å². The molecule has 0 spiro atoms. The summed E-state index contributed by atoms with van der Waals surface area (Å²) in [6.07, 6.45) is 1.94. The normalized spacial score (nSPS) is 15.1. The molecule has 4 nitrogen and oxygen atoms in total. The number of nitrogens with zero attached hydrogens (tertiary/aromatic N) is 2. The van der Waals surface area contributed by atoms with Crippen LogP contribution in [0.1, 0.15) is 21.6 Å². The van der Waals surface area contributed by atoms with Crippen molar-refractivity contribution < 1.29 is 13.9 Å².